The lowest BCUT2D eigenvalue weighted by molar-refractivity contribution is 1.28. The van der Waals surface area contributed by atoms with Crippen molar-refractivity contribution < 1.29 is 0 Å². The van der Waals surface area contributed by atoms with Crippen LogP contribution < -0.4 is 9.80 Å². The summed E-state index contributed by atoms with van der Waals surface area (Å²) in [6.45, 7) is 0. The first-order valence-electron chi connectivity index (χ1n) is 21.3. The van der Waals surface area contributed by atoms with Crippen molar-refractivity contribution in [3.05, 3.63) is 255 Å². The summed E-state index contributed by atoms with van der Waals surface area (Å²) in [5, 5.41) is 7.43. The minimum Gasteiger partial charge on any atom is -0.310 e. The van der Waals surface area contributed by atoms with Crippen molar-refractivity contribution in [3.8, 4) is 33.4 Å². The molecule has 0 bridgehead atoms. The van der Waals surface area contributed by atoms with Gasteiger partial charge in [0.2, 0.25) is 0 Å². The number of para-hydroxylation sites is 2. The Morgan fingerprint density at radius 3 is 0.984 bits per heavy atom. The second-order valence-corrected chi connectivity index (χ2v) is 15.8. The Hall–Kier alpha value is -8.20. The number of hydrogen-bond donors (Lipinski definition) is 0. The molecule has 292 valence electrons. The van der Waals surface area contributed by atoms with Gasteiger partial charge in [-0.05, 0) is 145 Å². The summed E-state index contributed by atoms with van der Waals surface area (Å²) >= 11 is 0. The molecular weight excluding hydrogens is 749 g/mol. The van der Waals surface area contributed by atoms with Crippen LogP contribution in [0, 0.1) is 0 Å². The molecule has 0 unspecified atom stereocenters. The third kappa shape index (κ3) is 6.94. The van der Waals surface area contributed by atoms with E-state index in [-0.39, 0.29) is 0 Å². The zero-order valence-electron chi connectivity index (χ0n) is 34.1. The van der Waals surface area contributed by atoms with Gasteiger partial charge in [0, 0.05) is 34.1 Å². The van der Waals surface area contributed by atoms with Crippen molar-refractivity contribution in [1.29, 1.82) is 0 Å². The summed E-state index contributed by atoms with van der Waals surface area (Å²) in [7, 11) is 0. The van der Waals surface area contributed by atoms with Crippen molar-refractivity contribution in [2.24, 2.45) is 0 Å². The highest BCUT2D eigenvalue weighted by molar-refractivity contribution is 6.26. The summed E-state index contributed by atoms with van der Waals surface area (Å²) in [5.74, 6) is 0. The average Bonchev–Trinajstić information content (AvgIpc) is 3.36. The molecule has 0 amide bonds. The summed E-state index contributed by atoms with van der Waals surface area (Å²) in [4.78, 5) is 4.70. The molecule has 0 aliphatic heterocycles. The second kappa shape index (κ2) is 16.1. The molecule has 0 atom stereocenters. The summed E-state index contributed by atoms with van der Waals surface area (Å²) in [6, 6.07) is 92.0. The Morgan fingerprint density at radius 1 is 0.161 bits per heavy atom. The summed E-state index contributed by atoms with van der Waals surface area (Å²) in [5.41, 5.74) is 13.8. The van der Waals surface area contributed by atoms with Gasteiger partial charge in [-0.25, -0.2) is 0 Å². The molecule has 62 heavy (non-hydrogen) atoms. The fourth-order valence-electron chi connectivity index (χ4n) is 9.00. The predicted octanol–water partition coefficient (Wildman–Crippen LogP) is 17.1. The van der Waals surface area contributed by atoms with Gasteiger partial charge in [-0.15, -0.1) is 0 Å². The van der Waals surface area contributed by atoms with Gasteiger partial charge in [0.15, 0.2) is 0 Å². The largest absolute Gasteiger partial charge is 0.310 e. The Bertz CT molecular complexity index is 3170. The van der Waals surface area contributed by atoms with E-state index < -0.39 is 0 Å². The molecule has 0 fully saturated rings. The molecule has 0 N–H and O–H groups in total. The highest BCUT2D eigenvalue weighted by atomic mass is 15.1. The van der Waals surface area contributed by atoms with E-state index in [1.807, 2.05) is 0 Å². The first-order chi connectivity index (χ1) is 30.7. The van der Waals surface area contributed by atoms with Gasteiger partial charge in [-0.2, -0.15) is 0 Å². The van der Waals surface area contributed by atoms with E-state index in [0.29, 0.717) is 0 Å². The maximum Gasteiger partial charge on any atom is 0.0468 e. The first-order valence-corrected chi connectivity index (χ1v) is 21.3. The van der Waals surface area contributed by atoms with Crippen LogP contribution in [-0.2, 0) is 0 Å². The van der Waals surface area contributed by atoms with E-state index in [9.17, 15) is 0 Å². The molecule has 0 heterocycles. The normalized spacial score (nSPS) is 11.2. The number of benzene rings is 11. The molecule has 0 saturated heterocycles. The van der Waals surface area contributed by atoms with Crippen molar-refractivity contribution in [2.75, 3.05) is 9.80 Å². The van der Waals surface area contributed by atoms with Crippen LogP contribution in [0.15, 0.2) is 255 Å². The number of hydrogen-bond acceptors (Lipinski definition) is 2. The van der Waals surface area contributed by atoms with Crippen LogP contribution in [0.4, 0.5) is 34.1 Å². The lowest BCUT2D eigenvalue weighted by Crippen LogP contribution is -2.10. The lowest BCUT2D eigenvalue weighted by Gasteiger charge is -2.27. The van der Waals surface area contributed by atoms with Gasteiger partial charge >= 0.3 is 0 Å². The van der Waals surface area contributed by atoms with E-state index in [1.54, 1.807) is 0 Å². The molecule has 0 aliphatic carbocycles. The smallest absolute Gasteiger partial charge is 0.0468 e. The monoisotopic (exact) mass is 790 g/mol. The minimum absolute atomic E-state index is 1.10. The van der Waals surface area contributed by atoms with Crippen LogP contribution in [0.1, 0.15) is 0 Å². The zero-order chi connectivity index (χ0) is 41.2. The minimum atomic E-state index is 1.10. The summed E-state index contributed by atoms with van der Waals surface area (Å²) < 4.78 is 0. The standard InChI is InChI=1S/C60H42N2/c1-5-16-43(17-6-1)45-28-33-51(34-29-45)62(52-35-30-46(31-36-52)44-18-7-2-8-19-44)54-37-39-58-57-38-32-48(41-59(57)55-26-13-14-27-56(55)60(58)42-54)47-20-15-25-53(40-47)61(49-21-9-3-10-22-49)50-23-11-4-12-24-50/h1-42H. The Balaban J connectivity index is 1.03. The Kier molecular flexibility index (Phi) is 9.57. The van der Waals surface area contributed by atoms with Crippen LogP contribution in [0.25, 0.3) is 65.7 Å². The second-order valence-electron chi connectivity index (χ2n) is 15.8. The molecule has 0 spiro atoms. The van der Waals surface area contributed by atoms with Gasteiger partial charge in [-0.1, -0.05) is 176 Å². The van der Waals surface area contributed by atoms with E-state index in [4.69, 9.17) is 0 Å². The molecule has 0 saturated carbocycles. The maximum atomic E-state index is 2.38. The predicted molar refractivity (Wildman–Crippen MR) is 265 cm³/mol. The van der Waals surface area contributed by atoms with Crippen molar-refractivity contribution in [1.82, 2.24) is 0 Å². The third-order valence-electron chi connectivity index (χ3n) is 12.0. The number of fused-ring (bicyclic) bond motifs is 6. The van der Waals surface area contributed by atoms with Crippen LogP contribution >= 0.6 is 0 Å². The fourth-order valence-corrected chi connectivity index (χ4v) is 9.00. The molecule has 11 aromatic carbocycles. The van der Waals surface area contributed by atoms with Gasteiger partial charge < -0.3 is 9.80 Å². The van der Waals surface area contributed by atoms with Crippen LogP contribution in [0.5, 0.6) is 0 Å². The van der Waals surface area contributed by atoms with Crippen LogP contribution in [0.2, 0.25) is 0 Å². The van der Waals surface area contributed by atoms with Crippen molar-refractivity contribution in [3.63, 3.8) is 0 Å². The highest BCUT2D eigenvalue weighted by Gasteiger charge is 2.18. The highest BCUT2D eigenvalue weighted by Crippen LogP contribution is 2.43. The molecule has 11 aromatic rings. The van der Waals surface area contributed by atoms with Gasteiger partial charge in [0.05, 0.1) is 0 Å². The lowest BCUT2D eigenvalue weighted by atomic mass is 9.91. The van der Waals surface area contributed by atoms with E-state index in [0.717, 1.165) is 34.1 Å². The fraction of sp³-hybridized carbons (Fsp3) is 0. The van der Waals surface area contributed by atoms with E-state index in [2.05, 4.69) is 265 Å². The Labute approximate surface area is 362 Å². The molecule has 0 aromatic heterocycles. The van der Waals surface area contributed by atoms with E-state index in [1.165, 1.54) is 65.7 Å². The quantitative estimate of drug-likeness (QED) is 0.134. The van der Waals surface area contributed by atoms with Gasteiger partial charge in [-0.3, -0.25) is 0 Å². The third-order valence-corrected chi connectivity index (χ3v) is 12.0. The molecule has 11 rings (SSSR count). The average molecular weight is 791 g/mol. The topological polar surface area (TPSA) is 6.48 Å². The van der Waals surface area contributed by atoms with Crippen molar-refractivity contribution >= 4 is 66.4 Å². The Morgan fingerprint density at radius 2 is 0.468 bits per heavy atom. The number of nitrogens with zero attached hydrogens (tertiary/aromatic N) is 2. The molecule has 2 heteroatoms. The molecule has 0 aliphatic rings. The maximum absolute atomic E-state index is 2.38. The van der Waals surface area contributed by atoms with Crippen molar-refractivity contribution in [2.45, 2.75) is 0 Å². The number of anilines is 6. The van der Waals surface area contributed by atoms with Crippen LogP contribution in [-0.4, -0.2) is 0 Å². The summed E-state index contributed by atoms with van der Waals surface area (Å²) in [6.07, 6.45) is 0. The van der Waals surface area contributed by atoms with E-state index >= 15 is 0 Å². The molecule has 0 radical (unpaired) electrons. The van der Waals surface area contributed by atoms with Crippen LogP contribution in [0.3, 0.4) is 0 Å². The number of rotatable bonds is 9. The zero-order valence-corrected chi connectivity index (χ0v) is 34.1. The molecular formula is C60H42N2. The van der Waals surface area contributed by atoms with Gasteiger partial charge in [0.1, 0.15) is 0 Å². The SMILES string of the molecule is c1ccc(-c2ccc(N(c3ccc(-c4ccccc4)cc3)c3ccc4c5ccc(-c6cccc(N(c7ccccc7)c7ccccc7)c6)cc5c5ccccc5c4c3)cc2)cc1. The van der Waals surface area contributed by atoms with Gasteiger partial charge in [0.25, 0.3) is 0 Å². The first kappa shape index (κ1) is 36.8. The molecule has 2 nitrogen and oxygen atoms in total.